The van der Waals surface area contributed by atoms with Gasteiger partial charge in [0.25, 0.3) is 10.0 Å². The molecule has 0 amide bonds. The zero-order valence-corrected chi connectivity index (χ0v) is 12.8. The molecule has 0 saturated carbocycles. The van der Waals surface area contributed by atoms with E-state index in [1.54, 1.807) is 6.92 Å². The summed E-state index contributed by atoms with van der Waals surface area (Å²) in [6, 6.07) is 0. The van der Waals surface area contributed by atoms with Gasteiger partial charge < -0.3 is 4.74 Å². The van der Waals surface area contributed by atoms with E-state index in [4.69, 9.17) is 16.3 Å². The number of aryl methyl sites for hydroxylation is 1. The molecule has 0 bridgehead atoms. The molecular weight excluding hydrogens is 290 g/mol. The average Bonchev–Trinajstić information content (AvgIpc) is 2.69. The van der Waals surface area contributed by atoms with Crippen molar-refractivity contribution in [3.8, 4) is 0 Å². The lowest BCUT2D eigenvalue weighted by atomic mass is 10.3. The van der Waals surface area contributed by atoms with Crippen molar-refractivity contribution < 1.29 is 13.2 Å². The summed E-state index contributed by atoms with van der Waals surface area (Å²) in [7, 11) is -3.62. The molecule has 0 spiro atoms. The van der Waals surface area contributed by atoms with Crippen LogP contribution in [0.25, 0.3) is 0 Å². The normalized spacial score (nSPS) is 25.7. The molecule has 1 N–H and O–H groups in total. The van der Waals surface area contributed by atoms with Crippen molar-refractivity contribution in [2.24, 2.45) is 0 Å². The zero-order valence-electron chi connectivity index (χ0n) is 11.2. The fraction of sp³-hybridized carbons (Fsp3) is 0.727. The molecule has 1 aromatic heterocycles. The smallest absolute Gasteiger partial charge is 0.262 e. The van der Waals surface area contributed by atoms with Gasteiger partial charge in [0.05, 0.1) is 18.1 Å². The van der Waals surface area contributed by atoms with Gasteiger partial charge in [0.2, 0.25) is 0 Å². The van der Waals surface area contributed by atoms with Crippen molar-refractivity contribution in [3.05, 3.63) is 11.3 Å². The van der Waals surface area contributed by atoms with E-state index in [1.807, 2.05) is 13.8 Å². The molecule has 0 radical (unpaired) electrons. The van der Waals surface area contributed by atoms with Crippen molar-refractivity contribution in [1.82, 2.24) is 14.5 Å². The van der Waals surface area contributed by atoms with Crippen molar-refractivity contribution in [2.75, 3.05) is 13.1 Å². The Kier molecular flexibility index (Phi) is 4.20. The summed E-state index contributed by atoms with van der Waals surface area (Å²) in [4.78, 5) is 0. The summed E-state index contributed by atoms with van der Waals surface area (Å²) in [5, 5.41) is 6.62. The average molecular weight is 308 g/mol. The predicted octanol–water partition coefficient (Wildman–Crippen LogP) is 1.25. The molecule has 6 nitrogen and oxygen atoms in total. The molecule has 1 aliphatic heterocycles. The number of nitrogens with zero attached hydrogens (tertiary/aromatic N) is 2. The summed E-state index contributed by atoms with van der Waals surface area (Å²) >= 11 is 5.81. The minimum atomic E-state index is -3.62. The van der Waals surface area contributed by atoms with Gasteiger partial charge in [-0.3, -0.25) is 5.10 Å². The molecule has 2 heterocycles. The molecule has 2 rings (SSSR count). The van der Waals surface area contributed by atoms with Crippen molar-refractivity contribution in [1.29, 1.82) is 0 Å². The number of alkyl halides is 1. The van der Waals surface area contributed by atoms with Gasteiger partial charge in [0.1, 0.15) is 0 Å². The fourth-order valence-electron chi connectivity index (χ4n) is 2.25. The van der Waals surface area contributed by atoms with Crippen LogP contribution in [0.2, 0.25) is 0 Å². The minimum Gasteiger partial charge on any atom is -0.373 e. The molecular formula is C11H18ClN3O3S. The van der Waals surface area contributed by atoms with Crippen LogP contribution in [0.15, 0.2) is 5.03 Å². The van der Waals surface area contributed by atoms with Gasteiger partial charge >= 0.3 is 0 Å². The van der Waals surface area contributed by atoms with Crippen LogP contribution in [0.1, 0.15) is 25.1 Å². The van der Waals surface area contributed by atoms with E-state index in [2.05, 4.69) is 10.2 Å². The van der Waals surface area contributed by atoms with E-state index in [9.17, 15) is 8.42 Å². The van der Waals surface area contributed by atoms with Crippen molar-refractivity contribution in [2.45, 2.75) is 43.9 Å². The Morgan fingerprint density at radius 1 is 1.42 bits per heavy atom. The number of hydrogen-bond acceptors (Lipinski definition) is 4. The number of rotatable bonds is 3. The van der Waals surface area contributed by atoms with Crippen LogP contribution in [-0.4, -0.2) is 48.2 Å². The van der Waals surface area contributed by atoms with Crippen LogP contribution in [0.3, 0.4) is 0 Å². The van der Waals surface area contributed by atoms with Gasteiger partial charge in [-0.05, 0) is 20.8 Å². The first-order valence-electron chi connectivity index (χ1n) is 6.11. The lowest BCUT2D eigenvalue weighted by molar-refractivity contribution is -0.0441. The quantitative estimate of drug-likeness (QED) is 0.853. The monoisotopic (exact) mass is 307 g/mol. The standard InChI is InChI=1S/C11H18ClN3O3S/c1-7-5-15(6-8(2)18-7)19(16,17)11-10(4-12)9(3)13-14-11/h7-8H,4-6H2,1-3H3,(H,13,14). The zero-order chi connectivity index (χ0) is 14.2. The van der Waals surface area contributed by atoms with Gasteiger partial charge in [0.15, 0.2) is 5.03 Å². The Balaban J connectivity index is 2.36. The minimum absolute atomic E-state index is 0.0290. The van der Waals surface area contributed by atoms with Gasteiger partial charge in [-0.1, -0.05) is 0 Å². The SMILES string of the molecule is Cc1[nH]nc(S(=O)(=O)N2CC(C)OC(C)C2)c1CCl. The van der Waals surface area contributed by atoms with Gasteiger partial charge in [-0.25, -0.2) is 8.42 Å². The van der Waals surface area contributed by atoms with Crippen molar-refractivity contribution >= 4 is 21.6 Å². The molecule has 0 aliphatic carbocycles. The number of halogens is 1. The highest BCUT2D eigenvalue weighted by Gasteiger charge is 2.35. The van der Waals surface area contributed by atoms with E-state index in [0.717, 1.165) is 0 Å². The second-order valence-electron chi connectivity index (χ2n) is 4.85. The summed E-state index contributed by atoms with van der Waals surface area (Å²) in [6.07, 6.45) is -0.254. The third-order valence-corrected chi connectivity index (χ3v) is 5.21. The van der Waals surface area contributed by atoms with Gasteiger partial charge in [0, 0.05) is 24.3 Å². The molecule has 108 valence electrons. The number of morpholine rings is 1. The van der Waals surface area contributed by atoms with Crippen LogP contribution in [0.5, 0.6) is 0 Å². The van der Waals surface area contributed by atoms with Gasteiger partial charge in [-0.15, -0.1) is 11.6 Å². The van der Waals surface area contributed by atoms with Crippen LogP contribution in [0.4, 0.5) is 0 Å². The largest absolute Gasteiger partial charge is 0.373 e. The van der Waals surface area contributed by atoms with Crippen LogP contribution < -0.4 is 0 Å². The molecule has 8 heteroatoms. The second-order valence-corrected chi connectivity index (χ2v) is 6.97. The highest BCUT2D eigenvalue weighted by Crippen LogP contribution is 2.24. The van der Waals surface area contributed by atoms with E-state index in [0.29, 0.717) is 24.3 Å². The summed E-state index contributed by atoms with van der Waals surface area (Å²) in [5.41, 5.74) is 1.22. The van der Waals surface area contributed by atoms with Crippen molar-refractivity contribution in [3.63, 3.8) is 0 Å². The van der Waals surface area contributed by atoms with Gasteiger partial charge in [-0.2, -0.15) is 9.40 Å². The molecule has 2 atom stereocenters. The lowest BCUT2D eigenvalue weighted by Gasteiger charge is -2.34. The molecule has 1 aliphatic rings. The van der Waals surface area contributed by atoms with E-state index in [-0.39, 0.29) is 23.1 Å². The number of ether oxygens (including phenoxy) is 1. The van der Waals surface area contributed by atoms with Crippen LogP contribution in [0, 0.1) is 6.92 Å². The number of sulfonamides is 1. The second kappa shape index (κ2) is 5.40. The topological polar surface area (TPSA) is 75.3 Å². The molecule has 2 unspecified atom stereocenters. The third-order valence-electron chi connectivity index (χ3n) is 3.14. The van der Waals surface area contributed by atoms with E-state index < -0.39 is 10.0 Å². The van der Waals surface area contributed by atoms with Crippen LogP contribution in [-0.2, 0) is 20.6 Å². The number of aromatic nitrogens is 2. The Labute approximate surface area is 118 Å². The number of aromatic amines is 1. The Bertz CT molecular complexity index is 548. The van der Waals surface area contributed by atoms with E-state index in [1.165, 1.54) is 4.31 Å². The Morgan fingerprint density at radius 3 is 2.53 bits per heavy atom. The number of nitrogens with one attached hydrogen (secondary N) is 1. The number of hydrogen-bond donors (Lipinski definition) is 1. The first kappa shape index (κ1) is 14.8. The first-order valence-corrected chi connectivity index (χ1v) is 8.09. The highest BCUT2D eigenvalue weighted by atomic mass is 35.5. The lowest BCUT2D eigenvalue weighted by Crippen LogP contribution is -2.48. The van der Waals surface area contributed by atoms with Crippen LogP contribution >= 0.6 is 11.6 Å². The molecule has 1 aromatic rings. The Hall–Kier alpha value is -0.630. The molecule has 19 heavy (non-hydrogen) atoms. The van der Waals surface area contributed by atoms with E-state index >= 15 is 0 Å². The Morgan fingerprint density at radius 2 is 2.00 bits per heavy atom. The third kappa shape index (κ3) is 2.79. The predicted molar refractivity (Wildman–Crippen MR) is 71.6 cm³/mol. The maximum absolute atomic E-state index is 12.6. The molecule has 1 fully saturated rings. The summed E-state index contributed by atoms with van der Waals surface area (Å²) in [6.45, 7) is 6.14. The maximum atomic E-state index is 12.6. The first-order chi connectivity index (χ1) is 8.86. The molecule has 1 saturated heterocycles. The number of H-pyrrole nitrogens is 1. The summed E-state index contributed by atoms with van der Waals surface area (Å²) < 4.78 is 32.2. The summed E-state index contributed by atoms with van der Waals surface area (Å²) in [5.74, 6) is 0.117. The highest BCUT2D eigenvalue weighted by molar-refractivity contribution is 7.89. The molecule has 0 aromatic carbocycles. The maximum Gasteiger partial charge on any atom is 0.262 e. The fourth-order valence-corrected chi connectivity index (χ4v) is 4.41.